The monoisotopic (exact) mass is 518 g/mol. The molecular formula is C26H26ClF3N4O2. The average Bonchev–Trinajstić information content (AvgIpc) is 3.44. The standard InChI is InChI=1S/C26H26ClF3N4O2/c1-13(22-21(36-26(29)30)8-7-19(28)23(22)27)18-11-32-24-17(18)9-15(10-31-24)20-12-33-25(34(20)2)14-3-5-16(35)6-4-14/h7-14,16,26,35H,3-6H2,1-2H3,(H,31,32). The first-order valence-corrected chi connectivity index (χ1v) is 12.2. The number of halogens is 4. The van der Waals surface area contributed by atoms with Crippen LogP contribution >= 0.6 is 11.6 Å². The maximum absolute atomic E-state index is 14.3. The Labute approximate surface area is 211 Å². The van der Waals surface area contributed by atoms with Crippen LogP contribution in [-0.4, -0.2) is 37.3 Å². The molecule has 3 heterocycles. The Kier molecular flexibility index (Phi) is 6.70. The molecule has 0 radical (unpaired) electrons. The summed E-state index contributed by atoms with van der Waals surface area (Å²) in [5, 5.41) is 10.3. The van der Waals surface area contributed by atoms with Crippen molar-refractivity contribution in [3.05, 3.63) is 64.6 Å². The smallest absolute Gasteiger partial charge is 0.387 e. The van der Waals surface area contributed by atoms with Gasteiger partial charge in [-0.15, -0.1) is 0 Å². The fraction of sp³-hybridized carbons (Fsp3) is 0.385. The van der Waals surface area contributed by atoms with Crippen molar-refractivity contribution < 1.29 is 23.0 Å². The molecule has 1 fully saturated rings. The minimum absolute atomic E-state index is 0.144. The van der Waals surface area contributed by atoms with Crippen LogP contribution in [0.2, 0.25) is 5.02 Å². The zero-order valence-electron chi connectivity index (χ0n) is 19.8. The van der Waals surface area contributed by atoms with E-state index in [2.05, 4.69) is 24.3 Å². The van der Waals surface area contributed by atoms with Gasteiger partial charge in [-0.25, -0.2) is 14.4 Å². The summed E-state index contributed by atoms with van der Waals surface area (Å²) in [7, 11) is 1.97. The van der Waals surface area contributed by atoms with Gasteiger partial charge in [0.1, 0.15) is 23.0 Å². The molecule has 4 aromatic rings. The molecule has 0 bridgehead atoms. The third-order valence-electron chi connectivity index (χ3n) is 7.15. The predicted molar refractivity (Wildman–Crippen MR) is 131 cm³/mol. The summed E-state index contributed by atoms with van der Waals surface area (Å²) in [6.45, 7) is -1.31. The van der Waals surface area contributed by atoms with Gasteiger partial charge in [0.05, 0.1) is 23.0 Å². The van der Waals surface area contributed by atoms with Gasteiger partial charge >= 0.3 is 6.61 Å². The molecule has 2 N–H and O–H groups in total. The number of hydrogen-bond donors (Lipinski definition) is 2. The molecule has 0 amide bonds. The van der Waals surface area contributed by atoms with Crippen LogP contribution in [0.15, 0.2) is 36.8 Å². The number of pyridine rings is 1. The summed E-state index contributed by atoms with van der Waals surface area (Å²) in [5.74, 6) is -0.189. The van der Waals surface area contributed by atoms with Gasteiger partial charge in [0.2, 0.25) is 0 Å². The van der Waals surface area contributed by atoms with E-state index in [0.29, 0.717) is 5.65 Å². The number of fused-ring (bicyclic) bond motifs is 1. The van der Waals surface area contributed by atoms with E-state index in [4.69, 9.17) is 11.6 Å². The highest BCUT2D eigenvalue weighted by molar-refractivity contribution is 6.31. The van der Waals surface area contributed by atoms with Crippen molar-refractivity contribution >= 4 is 22.6 Å². The Bertz CT molecular complexity index is 1400. The van der Waals surface area contributed by atoms with E-state index >= 15 is 0 Å². The van der Waals surface area contributed by atoms with Crippen LogP contribution in [0.1, 0.15) is 61.4 Å². The van der Waals surface area contributed by atoms with Gasteiger partial charge in [0, 0.05) is 47.8 Å². The van der Waals surface area contributed by atoms with Crippen molar-refractivity contribution in [3.8, 4) is 17.0 Å². The Morgan fingerprint density at radius 3 is 2.64 bits per heavy atom. The molecule has 0 spiro atoms. The molecule has 6 nitrogen and oxygen atoms in total. The fourth-order valence-electron chi connectivity index (χ4n) is 5.23. The molecule has 1 saturated carbocycles. The molecule has 0 aliphatic heterocycles. The lowest BCUT2D eigenvalue weighted by Gasteiger charge is -2.25. The van der Waals surface area contributed by atoms with Crippen LogP contribution in [0.5, 0.6) is 5.75 Å². The molecule has 0 saturated heterocycles. The number of aliphatic hydroxyl groups is 1. The maximum atomic E-state index is 14.3. The Hall–Kier alpha value is -3.04. The first kappa shape index (κ1) is 24.6. The summed E-state index contributed by atoms with van der Waals surface area (Å²) in [6.07, 6.45) is 8.37. The lowest BCUT2D eigenvalue weighted by Crippen LogP contribution is -2.19. The summed E-state index contributed by atoms with van der Waals surface area (Å²) >= 11 is 6.23. The second-order valence-electron chi connectivity index (χ2n) is 9.30. The lowest BCUT2D eigenvalue weighted by atomic mass is 9.87. The minimum atomic E-state index is -3.07. The van der Waals surface area contributed by atoms with E-state index in [1.807, 2.05) is 19.3 Å². The largest absolute Gasteiger partial charge is 0.434 e. The number of H-pyrrole nitrogens is 1. The van der Waals surface area contributed by atoms with Gasteiger partial charge in [-0.05, 0) is 49.4 Å². The number of nitrogens with one attached hydrogen (secondary N) is 1. The van der Waals surface area contributed by atoms with Crippen molar-refractivity contribution in [2.24, 2.45) is 7.05 Å². The number of aliphatic hydroxyl groups excluding tert-OH is 1. The average molecular weight is 519 g/mol. The van der Waals surface area contributed by atoms with Crippen LogP contribution in [0.3, 0.4) is 0 Å². The number of hydrogen-bond acceptors (Lipinski definition) is 4. The second-order valence-corrected chi connectivity index (χ2v) is 9.68. The minimum Gasteiger partial charge on any atom is -0.434 e. The van der Waals surface area contributed by atoms with E-state index in [0.717, 1.165) is 59.8 Å². The van der Waals surface area contributed by atoms with Gasteiger partial charge < -0.3 is 19.4 Å². The van der Waals surface area contributed by atoms with E-state index < -0.39 is 18.3 Å². The second kappa shape index (κ2) is 9.78. The number of imidazole rings is 1. The summed E-state index contributed by atoms with van der Waals surface area (Å²) in [5.41, 5.74) is 3.19. The zero-order valence-corrected chi connectivity index (χ0v) is 20.6. The number of aromatic amines is 1. The van der Waals surface area contributed by atoms with Crippen molar-refractivity contribution in [2.45, 2.75) is 57.2 Å². The highest BCUT2D eigenvalue weighted by Crippen LogP contribution is 2.42. The van der Waals surface area contributed by atoms with Crippen LogP contribution < -0.4 is 4.74 Å². The van der Waals surface area contributed by atoms with Crippen LogP contribution in [0.4, 0.5) is 13.2 Å². The highest BCUT2D eigenvalue weighted by Gasteiger charge is 2.26. The molecule has 1 aliphatic rings. The van der Waals surface area contributed by atoms with E-state index in [1.54, 1.807) is 19.3 Å². The van der Waals surface area contributed by atoms with Gasteiger partial charge in [-0.3, -0.25) is 0 Å². The zero-order chi connectivity index (χ0) is 25.6. The number of benzene rings is 1. The van der Waals surface area contributed by atoms with Crippen LogP contribution in [0.25, 0.3) is 22.3 Å². The summed E-state index contributed by atoms with van der Waals surface area (Å²) in [4.78, 5) is 12.3. The van der Waals surface area contributed by atoms with Crippen molar-refractivity contribution in [1.82, 2.24) is 19.5 Å². The van der Waals surface area contributed by atoms with E-state index in [9.17, 15) is 18.3 Å². The van der Waals surface area contributed by atoms with Crippen LogP contribution in [-0.2, 0) is 7.05 Å². The molecule has 3 aromatic heterocycles. The van der Waals surface area contributed by atoms with E-state index in [-0.39, 0.29) is 28.4 Å². The summed E-state index contributed by atoms with van der Waals surface area (Å²) in [6, 6.07) is 4.13. The quantitative estimate of drug-likeness (QED) is 0.304. The van der Waals surface area contributed by atoms with Crippen molar-refractivity contribution in [2.75, 3.05) is 0 Å². The SMILES string of the molecule is CC(c1c(OC(F)F)ccc(F)c1Cl)c1c[nH]c2ncc(-c3cnc(C4CCC(O)CC4)n3C)cc12. The number of nitrogens with zero attached hydrogens (tertiary/aromatic N) is 3. The Morgan fingerprint density at radius 1 is 1.17 bits per heavy atom. The lowest BCUT2D eigenvalue weighted by molar-refractivity contribution is -0.0505. The Morgan fingerprint density at radius 2 is 1.92 bits per heavy atom. The molecule has 1 aliphatic carbocycles. The molecule has 36 heavy (non-hydrogen) atoms. The first-order chi connectivity index (χ1) is 17.2. The molecular weight excluding hydrogens is 493 g/mol. The number of alkyl halides is 2. The number of rotatable bonds is 6. The number of ether oxygens (including phenoxy) is 1. The van der Waals surface area contributed by atoms with E-state index in [1.165, 1.54) is 6.07 Å². The van der Waals surface area contributed by atoms with Gasteiger partial charge in [0.15, 0.2) is 0 Å². The molecule has 1 aromatic carbocycles. The first-order valence-electron chi connectivity index (χ1n) is 11.8. The van der Waals surface area contributed by atoms with Gasteiger partial charge in [-0.2, -0.15) is 8.78 Å². The predicted octanol–water partition coefficient (Wildman–Crippen LogP) is 6.53. The molecule has 1 atom stereocenters. The van der Waals surface area contributed by atoms with Crippen molar-refractivity contribution in [1.29, 1.82) is 0 Å². The summed E-state index contributed by atoms with van der Waals surface area (Å²) < 4.78 is 47.1. The molecule has 10 heteroatoms. The van der Waals surface area contributed by atoms with Crippen LogP contribution in [0, 0.1) is 5.82 Å². The van der Waals surface area contributed by atoms with Gasteiger partial charge in [-0.1, -0.05) is 18.5 Å². The third kappa shape index (κ3) is 4.46. The normalized spacial score (nSPS) is 19.2. The number of aromatic nitrogens is 4. The maximum Gasteiger partial charge on any atom is 0.387 e. The van der Waals surface area contributed by atoms with Crippen molar-refractivity contribution in [3.63, 3.8) is 0 Å². The fourth-order valence-corrected chi connectivity index (χ4v) is 5.55. The highest BCUT2D eigenvalue weighted by atomic mass is 35.5. The topological polar surface area (TPSA) is 76.0 Å². The third-order valence-corrected chi connectivity index (χ3v) is 7.54. The molecule has 190 valence electrons. The van der Waals surface area contributed by atoms with Gasteiger partial charge in [0.25, 0.3) is 0 Å². The molecule has 5 rings (SSSR count). The molecule has 1 unspecified atom stereocenters. The Balaban J connectivity index is 1.53.